The van der Waals surface area contributed by atoms with Crippen LogP contribution in [-0.4, -0.2) is 12.7 Å². The van der Waals surface area contributed by atoms with E-state index >= 15 is 0 Å². The van der Waals surface area contributed by atoms with E-state index in [0.29, 0.717) is 0 Å². The van der Waals surface area contributed by atoms with Crippen LogP contribution in [0, 0.1) is 3.83 Å². The van der Waals surface area contributed by atoms with Crippen LogP contribution < -0.4 is 0 Å². The molecule has 0 fully saturated rings. The van der Waals surface area contributed by atoms with Gasteiger partial charge in [-0.25, -0.2) is 9.97 Å². The Morgan fingerprint density at radius 1 is 1.54 bits per heavy atom. The van der Waals surface area contributed by atoms with E-state index in [1.165, 1.54) is 5.56 Å². The summed E-state index contributed by atoms with van der Waals surface area (Å²) in [5.74, 6) is 0. The Hall–Kier alpha value is 0.0800. The monoisotopic (exact) mass is 399 g/mol. The van der Waals surface area contributed by atoms with Gasteiger partial charge in [0.2, 0.25) is 0 Å². The van der Waals surface area contributed by atoms with Crippen LogP contribution in [0.3, 0.4) is 0 Å². The Bertz CT molecular complexity index is 450. The molecule has 0 bridgehead atoms. The zero-order chi connectivity index (χ0) is 9.42. The van der Waals surface area contributed by atoms with E-state index in [2.05, 4.69) is 71.2 Å². The topological polar surface area (TPSA) is 30.7 Å². The summed E-state index contributed by atoms with van der Waals surface area (Å²) in [5, 5.41) is 0. The smallest absolute Gasteiger partial charge is 0.183 e. The maximum Gasteiger partial charge on any atom is 0.183 e. The molecule has 0 radical (unpaired) electrons. The second kappa shape index (κ2) is 3.68. The Morgan fingerprint density at radius 2 is 2.31 bits per heavy atom. The minimum atomic E-state index is 0.846. The van der Waals surface area contributed by atoms with Gasteiger partial charge in [-0.05, 0) is 18.1 Å². The molecule has 0 saturated heterocycles. The summed E-state index contributed by atoms with van der Waals surface area (Å²) >= 11 is 4.47. The number of aryl methyl sites for hydroxylation is 1. The number of fused-ring (bicyclic) bond motifs is 1. The largest absolute Gasteiger partial charge is 0.257 e. The lowest BCUT2D eigenvalue weighted by Crippen LogP contribution is -1.88. The molecule has 13 heavy (non-hydrogen) atoms. The van der Waals surface area contributed by atoms with Crippen molar-refractivity contribution in [2.24, 2.45) is 0 Å². The average Bonchev–Trinajstić information content (AvgIpc) is 2.43. The first kappa shape index (κ1) is 9.63. The fourth-order valence-corrected chi connectivity index (χ4v) is 2.39. The molecule has 0 amide bonds. The van der Waals surface area contributed by atoms with Crippen LogP contribution in [0.1, 0.15) is 12.5 Å². The van der Waals surface area contributed by atoms with E-state index in [1.807, 2.05) is 6.20 Å². The Labute approximate surface area is 104 Å². The van der Waals surface area contributed by atoms with Crippen LogP contribution in [0.5, 0.6) is 0 Å². The van der Waals surface area contributed by atoms with Crippen LogP contribution in [-0.2, 0) is 6.42 Å². The maximum atomic E-state index is 4.35. The van der Waals surface area contributed by atoms with E-state index in [4.69, 9.17) is 0 Å². The molecule has 3 nitrogen and oxygen atoms in total. The molecule has 0 spiro atoms. The molecule has 2 aromatic rings. The van der Waals surface area contributed by atoms with Crippen molar-refractivity contribution in [2.45, 2.75) is 13.3 Å². The zero-order valence-electron chi connectivity index (χ0n) is 6.96. The number of hydrogen-bond acceptors (Lipinski definition) is 2. The molecule has 0 aliphatic carbocycles. The number of nitrogens with zero attached hydrogens (tertiary/aromatic N) is 3. The van der Waals surface area contributed by atoms with E-state index in [1.54, 1.807) is 0 Å². The molecule has 0 N–H and O–H groups in total. The number of aromatic nitrogens is 3. The van der Waals surface area contributed by atoms with Crippen molar-refractivity contribution in [3.63, 3.8) is 0 Å². The molecule has 0 unspecified atom stereocenters. The molecule has 5 heteroatoms. The summed E-state index contributed by atoms with van der Waals surface area (Å²) in [7, 11) is 0. The predicted octanol–water partition coefficient (Wildman–Crippen LogP) is 2.80. The summed E-state index contributed by atoms with van der Waals surface area (Å²) in [6.45, 7) is 2.14. The molecule has 2 aromatic heterocycles. The number of hydrogen-bond donors (Lipinski definition) is 0. The van der Waals surface area contributed by atoms with E-state index in [-0.39, 0.29) is 0 Å². The van der Waals surface area contributed by atoms with Crippen LogP contribution in [0.4, 0.5) is 0 Å². The second-order valence-electron chi connectivity index (χ2n) is 2.66. The van der Waals surface area contributed by atoms with Crippen molar-refractivity contribution < 1.29 is 0 Å². The third-order valence-corrected chi connectivity index (χ3v) is 4.51. The zero-order valence-corrected chi connectivity index (χ0v) is 11.3. The summed E-state index contributed by atoms with van der Waals surface area (Å²) in [6.07, 6.45) is 2.84. The average molecular weight is 399 g/mol. The van der Waals surface area contributed by atoms with Gasteiger partial charge in [0, 0.05) is 28.8 Å². The van der Waals surface area contributed by atoms with Gasteiger partial charge in [0.15, 0.2) is 9.48 Å². The quantitative estimate of drug-likeness (QED) is 0.691. The highest BCUT2D eigenvalue weighted by Gasteiger charge is 2.09. The second-order valence-corrected chi connectivity index (χ2v) is 4.59. The Balaban J connectivity index is 2.87. The Morgan fingerprint density at radius 3 is 3.00 bits per heavy atom. The maximum absolute atomic E-state index is 4.35. The van der Waals surface area contributed by atoms with E-state index < -0.39 is 0 Å². The van der Waals surface area contributed by atoms with Crippen LogP contribution >= 0.6 is 45.5 Å². The number of pyridine rings is 1. The first-order valence-electron chi connectivity index (χ1n) is 3.92. The van der Waals surface area contributed by atoms with Gasteiger partial charge in [-0.3, -0.25) is 2.78 Å². The third kappa shape index (κ3) is 1.56. The molecule has 0 aromatic carbocycles. The lowest BCUT2D eigenvalue weighted by atomic mass is 10.2. The molecular weight excluding hydrogens is 392 g/mol. The summed E-state index contributed by atoms with van der Waals surface area (Å²) in [5.41, 5.74) is 3.29. The molecule has 0 saturated carbocycles. The standard InChI is InChI=1S/C8H7I2N3/c1-2-5-3-4-11-7-6(5)13(10)8(9)12-7/h3-4H,2H2,1H3. The number of imidazole rings is 1. The van der Waals surface area contributed by atoms with E-state index in [0.717, 1.165) is 21.4 Å². The SMILES string of the molecule is CCc1ccnc2nc(I)n(I)c12. The van der Waals surface area contributed by atoms with Gasteiger partial charge in [0.1, 0.15) is 5.52 Å². The predicted molar refractivity (Wildman–Crippen MR) is 69.0 cm³/mol. The van der Waals surface area contributed by atoms with Gasteiger partial charge in [0.25, 0.3) is 0 Å². The fourth-order valence-electron chi connectivity index (χ4n) is 1.29. The first-order valence-corrected chi connectivity index (χ1v) is 5.96. The van der Waals surface area contributed by atoms with Crippen molar-refractivity contribution in [3.05, 3.63) is 21.7 Å². The minimum Gasteiger partial charge on any atom is -0.257 e. The van der Waals surface area contributed by atoms with Gasteiger partial charge in [-0.15, -0.1) is 0 Å². The molecule has 68 valence electrons. The highest BCUT2D eigenvalue weighted by atomic mass is 127. The number of halogens is 2. The van der Waals surface area contributed by atoms with Crippen molar-refractivity contribution in [1.82, 2.24) is 12.7 Å². The minimum absolute atomic E-state index is 0.846. The van der Waals surface area contributed by atoms with Crippen molar-refractivity contribution >= 4 is 56.6 Å². The highest BCUT2D eigenvalue weighted by molar-refractivity contribution is 14.1. The van der Waals surface area contributed by atoms with Crippen LogP contribution in [0.2, 0.25) is 0 Å². The molecule has 0 aliphatic heterocycles. The molecular formula is C8H7I2N3. The van der Waals surface area contributed by atoms with Gasteiger partial charge in [-0.2, -0.15) is 0 Å². The molecule has 0 atom stereocenters. The summed E-state index contributed by atoms with van der Waals surface area (Å²) < 4.78 is 3.03. The van der Waals surface area contributed by atoms with Crippen LogP contribution in [0.15, 0.2) is 12.3 Å². The Kier molecular flexibility index (Phi) is 2.72. The van der Waals surface area contributed by atoms with E-state index in [9.17, 15) is 0 Å². The third-order valence-electron chi connectivity index (χ3n) is 1.93. The molecule has 2 heterocycles. The molecule has 2 rings (SSSR count). The van der Waals surface area contributed by atoms with Crippen molar-refractivity contribution in [3.8, 4) is 0 Å². The van der Waals surface area contributed by atoms with Crippen molar-refractivity contribution in [1.29, 1.82) is 0 Å². The van der Waals surface area contributed by atoms with Gasteiger partial charge >= 0.3 is 0 Å². The molecule has 0 aliphatic rings. The lowest BCUT2D eigenvalue weighted by molar-refractivity contribution is 1.13. The highest BCUT2D eigenvalue weighted by Crippen LogP contribution is 2.22. The fraction of sp³-hybridized carbons (Fsp3) is 0.250. The number of rotatable bonds is 1. The summed E-state index contributed by atoms with van der Waals surface area (Å²) in [4.78, 5) is 8.58. The summed E-state index contributed by atoms with van der Waals surface area (Å²) in [6, 6.07) is 2.05. The normalized spacial score (nSPS) is 11.0. The van der Waals surface area contributed by atoms with Crippen LogP contribution in [0.25, 0.3) is 11.2 Å². The van der Waals surface area contributed by atoms with Gasteiger partial charge in [-0.1, -0.05) is 6.92 Å². The van der Waals surface area contributed by atoms with Crippen molar-refractivity contribution in [2.75, 3.05) is 0 Å². The first-order chi connectivity index (χ1) is 6.24. The lowest BCUT2D eigenvalue weighted by Gasteiger charge is -1.99. The van der Waals surface area contributed by atoms with Gasteiger partial charge < -0.3 is 0 Å². The van der Waals surface area contributed by atoms with Gasteiger partial charge in [0.05, 0.1) is 22.9 Å².